The zero-order chi connectivity index (χ0) is 20.4. The van der Waals surface area contributed by atoms with Gasteiger partial charge in [0, 0.05) is 23.9 Å². The van der Waals surface area contributed by atoms with Gasteiger partial charge in [-0.1, -0.05) is 12.6 Å². The summed E-state index contributed by atoms with van der Waals surface area (Å²) in [6, 6.07) is 7.91. The van der Waals surface area contributed by atoms with Gasteiger partial charge in [0.15, 0.2) is 11.5 Å². The Balaban J connectivity index is 2.01. The highest BCUT2D eigenvalue weighted by molar-refractivity contribution is 6.03. The molecule has 1 amide bonds. The van der Waals surface area contributed by atoms with Crippen LogP contribution in [0.15, 0.2) is 36.9 Å². The number of hydrogen-bond acceptors (Lipinski definition) is 6. The van der Waals surface area contributed by atoms with Crippen LogP contribution in [-0.4, -0.2) is 43.6 Å². The Morgan fingerprint density at radius 3 is 2.43 bits per heavy atom. The fourth-order valence-corrected chi connectivity index (χ4v) is 3.33. The van der Waals surface area contributed by atoms with E-state index in [0.29, 0.717) is 30.2 Å². The molecule has 146 valence electrons. The minimum atomic E-state index is -0.576. The Morgan fingerprint density at radius 2 is 1.82 bits per heavy atom. The topological polar surface area (TPSA) is 91.1 Å². The number of ether oxygens (including phenoxy) is 3. The number of carbonyl (C=O) groups is 1. The Morgan fingerprint density at radius 1 is 1.14 bits per heavy atom. The summed E-state index contributed by atoms with van der Waals surface area (Å²) in [6.45, 7) is 4.44. The average molecular weight is 384 g/mol. The van der Waals surface area contributed by atoms with Crippen LogP contribution >= 0.6 is 0 Å². The molecule has 28 heavy (non-hydrogen) atoms. The molecule has 1 heterocycles. The lowest BCUT2D eigenvalue weighted by molar-refractivity contribution is -0.385. The molecule has 1 aliphatic rings. The monoisotopic (exact) mass is 384 g/mol. The molecule has 0 radical (unpaired) electrons. The number of nitro benzene ring substituents is 1. The second kappa shape index (κ2) is 7.59. The third-order valence-corrected chi connectivity index (χ3v) is 4.72. The van der Waals surface area contributed by atoms with E-state index in [1.165, 1.54) is 37.3 Å². The van der Waals surface area contributed by atoms with Crippen LogP contribution < -0.4 is 14.2 Å². The molecule has 3 rings (SSSR count). The molecule has 0 spiro atoms. The molecule has 0 aromatic heterocycles. The van der Waals surface area contributed by atoms with Crippen LogP contribution in [0.2, 0.25) is 0 Å². The second-order valence-electron chi connectivity index (χ2n) is 6.13. The van der Waals surface area contributed by atoms with Gasteiger partial charge in [-0.2, -0.15) is 0 Å². The molecular weight excluding hydrogens is 364 g/mol. The lowest BCUT2D eigenvalue weighted by Gasteiger charge is -2.32. The van der Waals surface area contributed by atoms with Gasteiger partial charge in [-0.25, -0.2) is 0 Å². The van der Waals surface area contributed by atoms with Crippen LogP contribution in [0.3, 0.4) is 0 Å². The maximum absolute atomic E-state index is 13.2. The van der Waals surface area contributed by atoms with Gasteiger partial charge in [-0.3, -0.25) is 14.9 Å². The largest absolute Gasteiger partial charge is 0.493 e. The molecule has 8 heteroatoms. The van der Waals surface area contributed by atoms with Crippen molar-refractivity contribution in [3.8, 4) is 17.2 Å². The van der Waals surface area contributed by atoms with Gasteiger partial charge in [-0.05, 0) is 30.2 Å². The highest BCUT2D eigenvalue weighted by atomic mass is 16.6. The van der Waals surface area contributed by atoms with Crippen molar-refractivity contribution in [1.29, 1.82) is 0 Å². The predicted molar refractivity (Wildman–Crippen MR) is 103 cm³/mol. The number of nitro groups is 1. The van der Waals surface area contributed by atoms with Gasteiger partial charge >= 0.3 is 5.69 Å². The van der Waals surface area contributed by atoms with Crippen molar-refractivity contribution < 1.29 is 23.9 Å². The SMILES string of the molecule is C=C1c2cc(OC)c(OC)cc2CCN1C(=O)c1cccc([N+](=O)[O-])c1OC. The Bertz CT molecular complexity index is 969. The summed E-state index contributed by atoms with van der Waals surface area (Å²) in [5.74, 6) is 0.660. The smallest absolute Gasteiger partial charge is 0.311 e. The van der Waals surface area contributed by atoms with E-state index in [1.54, 1.807) is 13.2 Å². The first-order chi connectivity index (χ1) is 13.4. The molecule has 0 unspecified atom stereocenters. The zero-order valence-corrected chi connectivity index (χ0v) is 15.9. The van der Waals surface area contributed by atoms with Gasteiger partial charge in [-0.15, -0.1) is 0 Å². The van der Waals surface area contributed by atoms with Crippen LogP contribution in [0.25, 0.3) is 5.70 Å². The van der Waals surface area contributed by atoms with Crippen LogP contribution in [-0.2, 0) is 6.42 Å². The quantitative estimate of drug-likeness (QED) is 0.580. The van der Waals surface area contributed by atoms with Crippen molar-refractivity contribution in [2.45, 2.75) is 6.42 Å². The number of rotatable bonds is 5. The minimum absolute atomic E-state index is 0.0663. The van der Waals surface area contributed by atoms with E-state index < -0.39 is 10.8 Å². The van der Waals surface area contributed by atoms with E-state index in [4.69, 9.17) is 14.2 Å². The number of methoxy groups -OCH3 is 3. The second-order valence-corrected chi connectivity index (χ2v) is 6.13. The molecule has 0 saturated heterocycles. The fourth-order valence-electron chi connectivity index (χ4n) is 3.33. The molecule has 2 aromatic rings. The summed E-state index contributed by atoms with van der Waals surface area (Å²) >= 11 is 0. The standard InChI is InChI=1S/C20H20N2O6/c1-12-15-11-18(27-3)17(26-2)10-13(15)8-9-21(12)20(23)14-6-5-7-16(22(24)25)19(14)28-4/h5-7,10-11H,1,8-9H2,2-4H3. The van der Waals surface area contributed by atoms with E-state index in [-0.39, 0.29) is 17.0 Å². The molecule has 2 aromatic carbocycles. The normalized spacial score (nSPS) is 13.0. The molecule has 1 aliphatic heterocycles. The Kier molecular flexibility index (Phi) is 5.21. The fraction of sp³-hybridized carbons (Fsp3) is 0.250. The maximum atomic E-state index is 13.2. The Labute approximate surface area is 162 Å². The molecular formula is C20H20N2O6. The third-order valence-electron chi connectivity index (χ3n) is 4.72. The zero-order valence-electron chi connectivity index (χ0n) is 15.9. The summed E-state index contributed by atoms with van der Waals surface area (Å²) in [4.78, 5) is 25.3. The number of fused-ring (bicyclic) bond motifs is 1. The van der Waals surface area contributed by atoms with Gasteiger partial charge in [0.2, 0.25) is 5.75 Å². The summed E-state index contributed by atoms with van der Waals surface area (Å²) in [7, 11) is 4.40. The van der Waals surface area contributed by atoms with Gasteiger partial charge in [0.1, 0.15) is 0 Å². The van der Waals surface area contributed by atoms with E-state index in [0.717, 1.165) is 11.1 Å². The third kappa shape index (κ3) is 3.13. The molecule has 0 saturated carbocycles. The number of benzene rings is 2. The summed E-state index contributed by atoms with van der Waals surface area (Å²) < 4.78 is 15.8. The lowest BCUT2D eigenvalue weighted by atomic mass is 9.95. The van der Waals surface area contributed by atoms with Crippen LogP contribution in [0.5, 0.6) is 17.2 Å². The Hall–Kier alpha value is -3.55. The van der Waals surface area contributed by atoms with E-state index >= 15 is 0 Å². The van der Waals surface area contributed by atoms with Crippen molar-refractivity contribution in [2.24, 2.45) is 0 Å². The highest BCUT2D eigenvalue weighted by Crippen LogP contribution is 2.39. The van der Waals surface area contributed by atoms with Crippen molar-refractivity contribution in [3.63, 3.8) is 0 Å². The van der Waals surface area contributed by atoms with Crippen LogP contribution in [0, 0.1) is 10.1 Å². The maximum Gasteiger partial charge on any atom is 0.311 e. The summed E-state index contributed by atoms with van der Waals surface area (Å²) in [5.41, 5.74) is 2.09. The molecule has 0 N–H and O–H groups in total. The first-order valence-corrected chi connectivity index (χ1v) is 8.50. The molecule has 0 bridgehead atoms. The summed E-state index contributed by atoms with van der Waals surface area (Å²) in [5, 5.41) is 11.2. The molecule has 0 aliphatic carbocycles. The van der Waals surface area contributed by atoms with Crippen molar-refractivity contribution in [1.82, 2.24) is 4.90 Å². The predicted octanol–water partition coefficient (Wildman–Crippen LogP) is 3.29. The number of nitrogens with zero attached hydrogens (tertiary/aromatic N) is 2. The van der Waals surface area contributed by atoms with E-state index in [1.807, 2.05) is 6.07 Å². The van der Waals surface area contributed by atoms with E-state index in [2.05, 4.69) is 6.58 Å². The highest BCUT2D eigenvalue weighted by Gasteiger charge is 2.31. The van der Waals surface area contributed by atoms with Crippen molar-refractivity contribution in [3.05, 3.63) is 63.7 Å². The minimum Gasteiger partial charge on any atom is -0.493 e. The van der Waals surface area contributed by atoms with Gasteiger partial charge in [0.25, 0.3) is 5.91 Å². The number of carbonyl (C=O) groups excluding carboxylic acids is 1. The van der Waals surface area contributed by atoms with Crippen molar-refractivity contribution >= 4 is 17.3 Å². The first kappa shape index (κ1) is 19.2. The van der Waals surface area contributed by atoms with Crippen LogP contribution in [0.1, 0.15) is 21.5 Å². The lowest BCUT2D eigenvalue weighted by Crippen LogP contribution is -2.35. The molecule has 0 fully saturated rings. The number of amides is 1. The number of hydrogen-bond donors (Lipinski definition) is 0. The van der Waals surface area contributed by atoms with Gasteiger partial charge in [0.05, 0.1) is 31.8 Å². The molecule has 8 nitrogen and oxygen atoms in total. The van der Waals surface area contributed by atoms with Crippen molar-refractivity contribution in [2.75, 3.05) is 27.9 Å². The van der Waals surface area contributed by atoms with E-state index in [9.17, 15) is 14.9 Å². The number of para-hydroxylation sites is 1. The van der Waals surface area contributed by atoms with Gasteiger partial charge < -0.3 is 19.1 Å². The first-order valence-electron chi connectivity index (χ1n) is 8.50. The summed E-state index contributed by atoms with van der Waals surface area (Å²) in [6.07, 6.45) is 0.581. The van der Waals surface area contributed by atoms with Crippen LogP contribution in [0.4, 0.5) is 5.69 Å². The average Bonchev–Trinajstić information content (AvgIpc) is 2.71. The molecule has 0 atom stereocenters.